The van der Waals surface area contributed by atoms with E-state index in [-0.39, 0.29) is 30.9 Å². The molecule has 0 saturated heterocycles. The molecule has 1 N–H and O–H groups in total. The maximum atomic E-state index is 12.9. The van der Waals surface area contributed by atoms with Gasteiger partial charge in [0.25, 0.3) is 0 Å². The Morgan fingerprint density at radius 3 is 2.80 bits per heavy atom. The number of rotatable bonds is 8. The Labute approximate surface area is 174 Å². The lowest BCUT2D eigenvalue weighted by molar-refractivity contribution is -0.122. The van der Waals surface area contributed by atoms with Crippen molar-refractivity contribution < 1.29 is 18.7 Å². The molecule has 156 valence electrons. The van der Waals surface area contributed by atoms with E-state index in [0.29, 0.717) is 25.4 Å². The van der Waals surface area contributed by atoms with Crippen molar-refractivity contribution in [2.24, 2.45) is 0 Å². The van der Waals surface area contributed by atoms with Crippen LogP contribution in [0.4, 0.5) is 4.39 Å². The number of hydrogen-bond acceptors (Lipinski definition) is 4. The average molecular weight is 409 g/mol. The number of benzene rings is 2. The minimum atomic E-state index is -0.321. The zero-order valence-corrected chi connectivity index (χ0v) is 16.6. The summed E-state index contributed by atoms with van der Waals surface area (Å²) in [5, 5.41) is 7.59. The standard InChI is InChI=1S/C23H24FN3O3/c24-19-6-8-20(9-7-19)29-13-11-22(28)25-14-21-23-18(10-12-30-21)16-27(26-23)15-17-4-2-1-3-5-17/h1-9,16,21H,10-15H2,(H,25,28)/t21-/m0/s1. The van der Waals surface area contributed by atoms with Crippen LogP contribution in [-0.4, -0.2) is 35.4 Å². The second-order valence-corrected chi connectivity index (χ2v) is 7.19. The minimum Gasteiger partial charge on any atom is -0.493 e. The molecule has 0 unspecified atom stereocenters. The number of fused-ring (bicyclic) bond motifs is 1. The van der Waals surface area contributed by atoms with E-state index in [2.05, 4.69) is 23.6 Å². The number of hydrogen-bond donors (Lipinski definition) is 1. The number of aromatic nitrogens is 2. The molecule has 1 atom stereocenters. The topological polar surface area (TPSA) is 65.4 Å². The van der Waals surface area contributed by atoms with Crippen molar-refractivity contribution in [3.8, 4) is 5.75 Å². The first-order valence-corrected chi connectivity index (χ1v) is 10.0. The van der Waals surface area contributed by atoms with Crippen molar-refractivity contribution in [2.45, 2.75) is 25.5 Å². The molecule has 0 radical (unpaired) electrons. The molecule has 1 aromatic heterocycles. The van der Waals surface area contributed by atoms with Gasteiger partial charge in [-0.15, -0.1) is 0 Å². The first kappa shape index (κ1) is 20.1. The molecule has 1 amide bonds. The molecule has 6 nitrogen and oxygen atoms in total. The highest BCUT2D eigenvalue weighted by molar-refractivity contribution is 5.76. The second-order valence-electron chi connectivity index (χ2n) is 7.19. The predicted octanol–water partition coefficient (Wildman–Crippen LogP) is 3.27. The average Bonchev–Trinajstić information content (AvgIpc) is 3.17. The van der Waals surface area contributed by atoms with Gasteiger partial charge < -0.3 is 14.8 Å². The number of halogens is 1. The van der Waals surface area contributed by atoms with Crippen LogP contribution in [0.2, 0.25) is 0 Å². The van der Waals surface area contributed by atoms with Crippen molar-refractivity contribution in [3.05, 3.63) is 83.4 Å². The fourth-order valence-electron chi connectivity index (χ4n) is 3.43. The van der Waals surface area contributed by atoms with Crippen LogP contribution in [-0.2, 0) is 22.5 Å². The van der Waals surface area contributed by atoms with E-state index < -0.39 is 0 Å². The van der Waals surface area contributed by atoms with E-state index >= 15 is 0 Å². The van der Waals surface area contributed by atoms with Gasteiger partial charge in [0.05, 0.1) is 31.9 Å². The third-order valence-corrected chi connectivity index (χ3v) is 4.95. The Morgan fingerprint density at radius 1 is 1.20 bits per heavy atom. The Hall–Kier alpha value is -3.19. The van der Waals surface area contributed by atoms with Crippen LogP contribution in [0.15, 0.2) is 60.8 Å². The van der Waals surface area contributed by atoms with Gasteiger partial charge in [-0.2, -0.15) is 5.10 Å². The summed E-state index contributed by atoms with van der Waals surface area (Å²) in [5.74, 6) is 0.0862. The SMILES string of the molecule is O=C(CCOc1ccc(F)cc1)NC[C@@H]1OCCc2cn(Cc3ccccc3)nc21. The summed E-state index contributed by atoms with van der Waals surface area (Å²) in [6.45, 7) is 1.90. The van der Waals surface area contributed by atoms with Crippen LogP contribution in [0.1, 0.15) is 29.3 Å². The molecule has 30 heavy (non-hydrogen) atoms. The summed E-state index contributed by atoms with van der Waals surface area (Å²) in [6.07, 6.45) is 2.84. The van der Waals surface area contributed by atoms with E-state index in [1.807, 2.05) is 22.9 Å². The van der Waals surface area contributed by atoms with Gasteiger partial charge in [-0.3, -0.25) is 9.48 Å². The highest BCUT2D eigenvalue weighted by Gasteiger charge is 2.25. The van der Waals surface area contributed by atoms with Crippen LogP contribution >= 0.6 is 0 Å². The van der Waals surface area contributed by atoms with Gasteiger partial charge in [-0.25, -0.2) is 4.39 Å². The predicted molar refractivity (Wildman–Crippen MR) is 110 cm³/mol. The van der Waals surface area contributed by atoms with Gasteiger partial charge in [0, 0.05) is 12.7 Å². The van der Waals surface area contributed by atoms with Crippen LogP contribution in [0, 0.1) is 5.82 Å². The first-order chi connectivity index (χ1) is 14.7. The Morgan fingerprint density at radius 2 is 2.00 bits per heavy atom. The van der Waals surface area contributed by atoms with E-state index in [1.165, 1.54) is 29.8 Å². The first-order valence-electron chi connectivity index (χ1n) is 10.0. The van der Waals surface area contributed by atoms with Crippen molar-refractivity contribution in [3.63, 3.8) is 0 Å². The van der Waals surface area contributed by atoms with E-state index in [0.717, 1.165) is 17.7 Å². The zero-order chi connectivity index (χ0) is 20.8. The summed E-state index contributed by atoms with van der Waals surface area (Å²) in [6, 6.07) is 15.9. The summed E-state index contributed by atoms with van der Waals surface area (Å²) >= 11 is 0. The smallest absolute Gasteiger partial charge is 0.223 e. The van der Waals surface area contributed by atoms with E-state index in [9.17, 15) is 9.18 Å². The lowest BCUT2D eigenvalue weighted by Crippen LogP contribution is -2.32. The fraction of sp³-hybridized carbons (Fsp3) is 0.304. The van der Waals surface area contributed by atoms with Gasteiger partial charge in [0.1, 0.15) is 17.7 Å². The molecule has 0 saturated carbocycles. The quantitative estimate of drug-likeness (QED) is 0.620. The second kappa shape index (κ2) is 9.54. The molecule has 0 bridgehead atoms. The Balaban J connectivity index is 1.27. The van der Waals surface area contributed by atoms with Crippen LogP contribution < -0.4 is 10.1 Å². The minimum absolute atomic E-state index is 0.128. The van der Waals surface area contributed by atoms with Gasteiger partial charge >= 0.3 is 0 Å². The van der Waals surface area contributed by atoms with Gasteiger partial charge in [0.2, 0.25) is 5.91 Å². The van der Waals surface area contributed by atoms with Crippen LogP contribution in [0.3, 0.4) is 0 Å². The third kappa shape index (κ3) is 5.24. The molecule has 0 fully saturated rings. The number of carbonyl (C=O) groups excluding carboxylic acids is 1. The maximum Gasteiger partial charge on any atom is 0.223 e. The zero-order valence-electron chi connectivity index (χ0n) is 16.6. The molecule has 7 heteroatoms. The van der Waals surface area contributed by atoms with Crippen molar-refractivity contribution in [1.29, 1.82) is 0 Å². The number of amides is 1. The maximum absolute atomic E-state index is 12.9. The van der Waals surface area contributed by atoms with Crippen LogP contribution in [0.25, 0.3) is 0 Å². The van der Waals surface area contributed by atoms with Gasteiger partial charge in [-0.1, -0.05) is 30.3 Å². The van der Waals surface area contributed by atoms with Crippen LogP contribution in [0.5, 0.6) is 5.75 Å². The molecule has 1 aliphatic rings. The highest BCUT2D eigenvalue weighted by atomic mass is 19.1. The number of nitrogens with one attached hydrogen (secondary N) is 1. The summed E-state index contributed by atoms with van der Waals surface area (Å²) in [5.41, 5.74) is 3.24. The Bertz CT molecular complexity index is 973. The number of carbonyl (C=O) groups is 1. The van der Waals surface area contributed by atoms with E-state index in [4.69, 9.17) is 14.6 Å². The molecule has 4 rings (SSSR count). The molecule has 2 aromatic carbocycles. The van der Waals surface area contributed by atoms with Gasteiger partial charge in [-0.05, 0) is 41.8 Å². The summed E-state index contributed by atoms with van der Waals surface area (Å²) in [4.78, 5) is 12.2. The molecular formula is C23H24FN3O3. The summed E-state index contributed by atoms with van der Waals surface area (Å²) < 4.78 is 26.1. The normalized spacial score (nSPS) is 15.4. The number of ether oxygens (including phenoxy) is 2. The highest BCUT2D eigenvalue weighted by Crippen LogP contribution is 2.25. The molecule has 0 spiro atoms. The number of nitrogens with zero attached hydrogens (tertiary/aromatic N) is 2. The molecule has 0 aliphatic carbocycles. The van der Waals surface area contributed by atoms with Crippen molar-refractivity contribution in [1.82, 2.24) is 15.1 Å². The lowest BCUT2D eigenvalue weighted by atomic mass is 10.1. The van der Waals surface area contributed by atoms with Gasteiger partial charge in [0.15, 0.2) is 0 Å². The Kier molecular flexibility index (Phi) is 6.39. The fourth-order valence-corrected chi connectivity index (χ4v) is 3.43. The monoisotopic (exact) mass is 409 g/mol. The van der Waals surface area contributed by atoms with Crippen molar-refractivity contribution >= 4 is 5.91 Å². The molecule has 2 heterocycles. The molecule has 1 aliphatic heterocycles. The largest absolute Gasteiger partial charge is 0.493 e. The third-order valence-electron chi connectivity index (χ3n) is 4.95. The molecule has 3 aromatic rings. The molecular weight excluding hydrogens is 385 g/mol. The van der Waals surface area contributed by atoms with E-state index in [1.54, 1.807) is 0 Å². The van der Waals surface area contributed by atoms with Crippen molar-refractivity contribution in [2.75, 3.05) is 19.8 Å². The lowest BCUT2D eigenvalue weighted by Gasteiger charge is -2.22. The summed E-state index contributed by atoms with van der Waals surface area (Å²) in [7, 11) is 0.